The van der Waals surface area contributed by atoms with Crippen molar-refractivity contribution in [3.05, 3.63) is 0 Å². The monoisotopic (exact) mass is 426 g/mol. The summed E-state index contributed by atoms with van der Waals surface area (Å²) in [5.74, 6) is -1.78. The first kappa shape index (κ1) is 25.6. The molecule has 13 nitrogen and oxygen atoms in total. The van der Waals surface area contributed by atoms with Crippen molar-refractivity contribution in [2.75, 3.05) is 13.2 Å². The van der Waals surface area contributed by atoms with E-state index in [-0.39, 0.29) is 0 Å². The Morgan fingerprint density at radius 1 is 1.10 bits per heavy atom. The number of nitrogens with one attached hydrogen (secondary N) is 2. The Morgan fingerprint density at radius 3 is 1.97 bits per heavy atom. The Bertz CT molecular complexity index is 573. The van der Waals surface area contributed by atoms with Crippen LogP contribution in [0.15, 0.2) is 0 Å². The molecule has 0 aromatic carbocycles. The van der Waals surface area contributed by atoms with Crippen LogP contribution in [0, 0.1) is 0 Å². The summed E-state index contributed by atoms with van der Waals surface area (Å²) in [5, 5.41) is 85.8. The van der Waals surface area contributed by atoms with Gasteiger partial charge in [-0.15, -0.1) is 0 Å². The number of hydrogen-bond acceptors (Lipinski definition) is 11. The minimum atomic E-state index is -2.74. The van der Waals surface area contributed by atoms with Gasteiger partial charge in [0.15, 0.2) is 5.66 Å². The van der Waals surface area contributed by atoms with Crippen molar-refractivity contribution in [2.24, 2.45) is 0 Å². The molecule has 1 fully saturated rings. The first-order chi connectivity index (χ1) is 13.2. The molecule has 0 saturated carbocycles. The standard InChI is InChI=1S/C16H30N2O11/c1-6(20)11(24)16(17-7(2)21,18-8(3)22)14(27)13(26)15(28)5-29-9(4-19)10(23)12(15)25/h6,9-14,19-20,23-28H,4-5H2,1-3H3,(H,17,21)(H,18,22)/t6?,9-,10+,11?,12+,13?,14?,15-/m1/s1. The molecule has 0 aliphatic carbocycles. The quantitative estimate of drug-likeness (QED) is 0.164. The van der Waals surface area contributed by atoms with E-state index in [0.29, 0.717) is 0 Å². The molecule has 0 bridgehead atoms. The van der Waals surface area contributed by atoms with Crippen molar-refractivity contribution in [1.82, 2.24) is 10.6 Å². The molecule has 0 radical (unpaired) electrons. The van der Waals surface area contributed by atoms with E-state index >= 15 is 0 Å². The molecule has 1 aliphatic heterocycles. The minimum Gasteiger partial charge on any atom is -0.394 e. The van der Waals surface area contributed by atoms with Crippen LogP contribution >= 0.6 is 0 Å². The average Bonchev–Trinajstić information content (AvgIpc) is 2.62. The highest BCUT2D eigenvalue weighted by molar-refractivity contribution is 5.78. The van der Waals surface area contributed by atoms with Crippen LogP contribution in [0.4, 0.5) is 0 Å². The highest BCUT2D eigenvalue weighted by atomic mass is 16.5. The van der Waals surface area contributed by atoms with Crippen LogP contribution < -0.4 is 10.6 Å². The van der Waals surface area contributed by atoms with Crippen LogP contribution in [-0.2, 0) is 14.3 Å². The van der Waals surface area contributed by atoms with Crippen LogP contribution in [0.2, 0.25) is 0 Å². The SMILES string of the molecule is CC(=O)NC(NC(C)=O)(C(O)C(C)O)C(O)C(O)[C@@]1(O)CO[C@H](CO)[C@H](O)[C@@H]1O. The zero-order chi connectivity index (χ0) is 22.7. The largest absolute Gasteiger partial charge is 0.394 e. The van der Waals surface area contributed by atoms with E-state index in [2.05, 4.69) is 10.6 Å². The summed E-state index contributed by atoms with van der Waals surface area (Å²) in [4.78, 5) is 23.4. The lowest BCUT2D eigenvalue weighted by molar-refractivity contribution is -0.286. The number of amides is 2. The summed E-state index contributed by atoms with van der Waals surface area (Å²) in [6.45, 7) is 1.43. The van der Waals surface area contributed by atoms with Gasteiger partial charge in [-0.2, -0.15) is 0 Å². The molecule has 0 spiro atoms. The van der Waals surface area contributed by atoms with E-state index < -0.39 is 79.0 Å². The zero-order valence-electron chi connectivity index (χ0n) is 16.3. The first-order valence-corrected chi connectivity index (χ1v) is 8.85. The van der Waals surface area contributed by atoms with Crippen LogP contribution in [-0.4, -0.2) is 120 Å². The Balaban J connectivity index is 3.41. The van der Waals surface area contributed by atoms with Gasteiger partial charge in [0.1, 0.15) is 42.2 Å². The van der Waals surface area contributed by atoms with Gasteiger partial charge in [0.25, 0.3) is 0 Å². The Hall–Kier alpha value is -1.42. The molecule has 0 aromatic rings. The third-order valence-corrected chi connectivity index (χ3v) is 4.89. The average molecular weight is 426 g/mol. The maximum atomic E-state index is 11.7. The summed E-state index contributed by atoms with van der Waals surface area (Å²) in [5.41, 5.74) is -5.34. The normalized spacial score (nSPS) is 32.0. The lowest BCUT2D eigenvalue weighted by Gasteiger charge is -2.50. The summed E-state index contributed by atoms with van der Waals surface area (Å²) >= 11 is 0. The fraction of sp³-hybridized carbons (Fsp3) is 0.875. The number of carbonyl (C=O) groups excluding carboxylic acids is 2. The van der Waals surface area contributed by atoms with Gasteiger partial charge in [-0.25, -0.2) is 0 Å². The molecule has 1 rings (SSSR count). The molecule has 8 atom stereocenters. The van der Waals surface area contributed by atoms with Crippen molar-refractivity contribution in [2.45, 2.75) is 74.8 Å². The second-order valence-corrected chi connectivity index (χ2v) is 7.27. The van der Waals surface area contributed by atoms with E-state index in [1.54, 1.807) is 0 Å². The third kappa shape index (κ3) is 5.02. The van der Waals surface area contributed by atoms with Crippen molar-refractivity contribution in [3.63, 3.8) is 0 Å². The Labute approximate surface area is 166 Å². The number of ether oxygens (including phenoxy) is 1. The van der Waals surface area contributed by atoms with Crippen molar-refractivity contribution in [3.8, 4) is 0 Å². The molecule has 1 heterocycles. The van der Waals surface area contributed by atoms with Crippen molar-refractivity contribution >= 4 is 11.8 Å². The van der Waals surface area contributed by atoms with Crippen LogP contribution in [0.5, 0.6) is 0 Å². The topological polar surface area (TPSA) is 229 Å². The van der Waals surface area contributed by atoms with Crippen molar-refractivity contribution in [1.29, 1.82) is 0 Å². The fourth-order valence-electron chi connectivity index (χ4n) is 3.33. The summed E-state index contributed by atoms with van der Waals surface area (Å²) in [6.07, 6.45) is -13.9. The molecule has 1 aliphatic rings. The second-order valence-electron chi connectivity index (χ2n) is 7.27. The molecule has 29 heavy (non-hydrogen) atoms. The van der Waals surface area contributed by atoms with Crippen molar-refractivity contribution < 1.29 is 55.2 Å². The van der Waals surface area contributed by atoms with E-state index in [0.717, 1.165) is 20.8 Å². The van der Waals surface area contributed by atoms with Gasteiger partial charge in [-0.05, 0) is 6.92 Å². The number of hydrogen-bond donors (Lipinski definition) is 10. The van der Waals surface area contributed by atoms with Gasteiger partial charge >= 0.3 is 0 Å². The van der Waals surface area contributed by atoms with Gasteiger partial charge in [-0.3, -0.25) is 9.59 Å². The van der Waals surface area contributed by atoms with Gasteiger partial charge in [-0.1, -0.05) is 0 Å². The highest BCUT2D eigenvalue weighted by Crippen LogP contribution is 2.32. The molecule has 170 valence electrons. The minimum absolute atomic E-state index is 0.713. The van der Waals surface area contributed by atoms with Crippen LogP contribution in [0.3, 0.4) is 0 Å². The third-order valence-electron chi connectivity index (χ3n) is 4.89. The molecular formula is C16H30N2O11. The fourth-order valence-corrected chi connectivity index (χ4v) is 3.33. The summed E-state index contributed by atoms with van der Waals surface area (Å²) in [6, 6.07) is 0. The van der Waals surface area contributed by atoms with Crippen LogP contribution in [0.25, 0.3) is 0 Å². The molecule has 4 unspecified atom stereocenters. The van der Waals surface area contributed by atoms with Crippen LogP contribution in [0.1, 0.15) is 20.8 Å². The van der Waals surface area contributed by atoms with E-state index in [1.807, 2.05) is 0 Å². The van der Waals surface area contributed by atoms with E-state index in [9.17, 15) is 45.3 Å². The summed E-state index contributed by atoms with van der Waals surface area (Å²) < 4.78 is 5.01. The molecule has 10 N–H and O–H groups in total. The molecule has 1 saturated heterocycles. The number of carbonyl (C=O) groups is 2. The van der Waals surface area contributed by atoms with Gasteiger partial charge in [0, 0.05) is 13.8 Å². The summed E-state index contributed by atoms with van der Waals surface area (Å²) in [7, 11) is 0. The van der Waals surface area contributed by atoms with E-state index in [1.165, 1.54) is 0 Å². The molecule has 0 aromatic heterocycles. The number of aliphatic hydroxyl groups excluding tert-OH is 7. The lowest BCUT2D eigenvalue weighted by Crippen LogP contribution is -2.80. The Kier molecular flexibility index (Phi) is 8.47. The lowest BCUT2D eigenvalue weighted by atomic mass is 9.76. The Morgan fingerprint density at radius 2 is 1.59 bits per heavy atom. The predicted molar refractivity (Wildman–Crippen MR) is 93.9 cm³/mol. The zero-order valence-corrected chi connectivity index (χ0v) is 16.3. The van der Waals surface area contributed by atoms with Gasteiger partial charge in [0.2, 0.25) is 11.8 Å². The molecule has 13 heteroatoms. The predicted octanol–water partition coefficient (Wildman–Crippen LogP) is -5.74. The van der Waals surface area contributed by atoms with Gasteiger partial charge in [0.05, 0.1) is 19.3 Å². The van der Waals surface area contributed by atoms with Gasteiger partial charge < -0.3 is 56.2 Å². The second kappa shape index (κ2) is 9.59. The number of aliphatic hydroxyl groups is 8. The maximum absolute atomic E-state index is 11.7. The highest BCUT2D eigenvalue weighted by Gasteiger charge is 2.60. The first-order valence-electron chi connectivity index (χ1n) is 8.85. The maximum Gasteiger partial charge on any atom is 0.218 e. The molecule has 2 amide bonds. The smallest absolute Gasteiger partial charge is 0.218 e. The molecular weight excluding hydrogens is 396 g/mol. The number of rotatable bonds is 8. The van der Waals surface area contributed by atoms with E-state index in [4.69, 9.17) is 9.84 Å².